The molecule has 76 valence electrons. The maximum Gasteiger partial charge on any atom is 0.102 e. The van der Waals surface area contributed by atoms with E-state index in [0.717, 1.165) is 19.5 Å². The third kappa shape index (κ3) is 4.25. The summed E-state index contributed by atoms with van der Waals surface area (Å²) in [4.78, 5) is 2.31. The molecular formula is C10H21N3. The zero-order chi connectivity index (χ0) is 10.5. The summed E-state index contributed by atoms with van der Waals surface area (Å²) in [6.45, 7) is 10.2. The minimum absolute atomic E-state index is 0.379. The summed E-state index contributed by atoms with van der Waals surface area (Å²) in [6, 6.07) is 2.51. The number of rotatable bonds is 5. The highest BCUT2D eigenvalue weighted by Crippen LogP contribution is 2.12. The van der Waals surface area contributed by atoms with Crippen LogP contribution in [0.5, 0.6) is 0 Å². The second kappa shape index (κ2) is 5.21. The van der Waals surface area contributed by atoms with Crippen molar-refractivity contribution >= 4 is 0 Å². The Labute approximate surface area is 81.5 Å². The van der Waals surface area contributed by atoms with Crippen molar-refractivity contribution in [2.24, 2.45) is 5.73 Å². The van der Waals surface area contributed by atoms with Gasteiger partial charge in [0.2, 0.25) is 0 Å². The van der Waals surface area contributed by atoms with E-state index in [9.17, 15) is 0 Å². The van der Waals surface area contributed by atoms with E-state index in [2.05, 4.69) is 31.7 Å². The van der Waals surface area contributed by atoms with Crippen LogP contribution in [0.1, 0.15) is 34.1 Å². The Morgan fingerprint density at radius 3 is 2.23 bits per heavy atom. The molecule has 3 heteroatoms. The van der Waals surface area contributed by atoms with Crippen LogP contribution in [0.2, 0.25) is 0 Å². The summed E-state index contributed by atoms with van der Waals surface area (Å²) in [5.41, 5.74) is 5.08. The maximum atomic E-state index is 8.78. The van der Waals surface area contributed by atoms with Gasteiger partial charge in [0.15, 0.2) is 0 Å². The van der Waals surface area contributed by atoms with Crippen LogP contribution in [-0.4, -0.2) is 29.6 Å². The molecule has 0 heterocycles. The topological polar surface area (TPSA) is 53.0 Å². The Kier molecular flexibility index (Phi) is 4.97. The number of hydrogen-bond donors (Lipinski definition) is 1. The smallest absolute Gasteiger partial charge is 0.102 e. The molecule has 0 spiro atoms. The van der Waals surface area contributed by atoms with Gasteiger partial charge in [0.05, 0.1) is 6.07 Å². The van der Waals surface area contributed by atoms with E-state index < -0.39 is 5.54 Å². The standard InChI is InChI=1S/C10H21N3/c1-5-13(6-2)9(3)7-10(4,12)8-11/h9H,5-7,12H2,1-4H3. The zero-order valence-corrected chi connectivity index (χ0v) is 9.17. The predicted octanol–water partition coefficient (Wildman–Crippen LogP) is 1.35. The predicted molar refractivity (Wildman–Crippen MR) is 55.2 cm³/mol. The van der Waals surface area contributed by atoms with E-state index in [1.54, 1.807) is 6.92 Å². The summed E-state index contributed by atoms with van der Waals surface area (Å²) in [6.07, 6.45) is 0.727. The van der Waals surface area contributed by atoms with Gasteiger partial charge in [0.1, 0.15) is 5.54 Å². The molecule has 0 radical (unpaired) electrons. The van der Waals surface area contributed by atoms with Crippen molar-refractivity contribution in [2.45, 2.75) is 45.7 Å². The van der Waals surface area contributed by atoms with Gasteiger partial charge in [-0.2, -0.15) is 5.26 Å². The van der Waals surface area contributed by atoms with Gasteiger partial charge < -0.3 is 10.6 Å². The maximum absolute atomic E-state index is 8.78. The molecule has 13 heavy (non-hydrogen) atoms. The third-order valence-corrected chi connectivity index (χ3v) is 2.41. The number of nitrogens with two attached hydrogens (primary N) is 1. The molecule has 0 aliphatic rings. The van der Waals surface area contributed by atoms with Crippen molar-refractivity contribution in [3.8, 4) is 6.07 Å². The Hall–Kier alpha value is -0.590. The minimum atomic E-state index is -0.692. The average Bonchev–Trinajstić information content (AvgIpc) is 2.06. The molecular weight excluding hydrogens is 162 g/mol. The molecule has 2 atom stereocenters. The first-order chi connectivity index (χ1) is 5.96. The largest absolute Gasteiger partial charge is 0.314 e. The van der Waals surface area contributed by atoms with Crippen LogP contribution in [0.4, 0.5) is 0 Å². The Morgan fingerprint density at radius 1 is 1.46 bits per heavy atom. The molecule has 0 bridgehead atoms. The van der Waals surface area contributed by atoms with Crippen molar-refractivity contribution in [1.29, 1.82) is 5.26 Å². The molecule has 0 aliphatic carbocycles. The number of hydrogen-bond acceptors (Lipinski definition) is 3. The van der Waals surface area contributed by atoms with Gasteiger partial charge in [-0.3, -0.25) is 0 Å². The van der Waals surface area contributed by atoms with Crippen molar-refractivity contribution in [1.82, 2.24) is 4.90 Å². The SMILES string of the molecule is CCN(CC)C(C)CC(C)(N)C#N. The minimum Gasteiger partial charge on any atom is -0.314 e. The Balaban J connectivity index is 4.14. The lowest BCUT2D eigenvalue weighted by molar-refractivity contribution is 0.204. The summed E-state index contributed by atoms with van der Waals surface area (Å²) in [5.74, 6) is 0. The summed E-state index contributed by atoms with van der Waals surface area (Å²) < 4.78 is 0. The zero-order valence-electron chi connectivity index (χ0n) is 9.17. The molecule has 2 unspecified atom stereocenters. The van der Waals surface area contributed by atoms with E-state index in [4.69, 9.17) is 11.0 Å². The normalized spacial score (nSPS) is 17.9. The van der Waals surface area contributed by atoms with Gasteiger partial charge in [0, 0.05) is 6.04 Å². The third-order valence-electron chi connectivity index (χ3n) is 2.41. The summed E-state index contributed by atoms with van der Waals surface area (Å²) in [5, 5.41) is 8.78. The van der Waals surface area contributed by atoms with Crippen LogP contribution < -0.4 is 5.73 Å². The molecule has 0 aromatic rings. The lowest BCUT2D eigenvalue weighted by atomic mass is 9.96. The fourth-order valence-corrected chi connectivity index (χ4v) is 1.64. The van der Waals surface area contributed by atoms with Gasteiger partial charge in [0.25, 0.3) is 0 Å². The quantitative estimate of drug-likeness (QED) is 0.700. The van der Waals surface area contributed by atoms with E-state index in [1.807, 2.05) is 0 Å². The van der Waals surface area contributed by atoms with Crippen LogP contribution in [-0.2, 0) is 0 Å². The number of nitriles is 1. The summed E-state index contributed by atoms with van der Waals surface area (Å²) in [7, 11) is 0. The summed E-state index contributed by atoms with van der Waals surface area (Å²) >= 11 is 0. The van der Waals surface area contributed by atoms with Crippen molar-refractivity contribution in [3.05, 3.63) is 0 Å². The van der Waals surface area contributed by atoms with E-state index in [1.165, 1.54) is 0 Å². The van der Waals surface area contributed by atoms with E-state index >= 15 is 0 Å². The van der Waals surface area contributed by atoms with Gasteiger partial charge in [-0.1, -0.05) is 13.8 Å². The first-order valence-electron chi connectivity index (χ1n) is 4.91. The fourth-order valence-electron chi connectivity index (χ4n) is 1.64. The first-order valence-corrected chi connectivity index (χ1v) is 4.91. The first kappa shape index (κ1) is 12.4. The molecule has 0 aliphatic heterocycles. The molecule has 3 nitrogen and oxygen atoms in total. The Bertz CT molecular complexity index is 177. The molecule has 0 fully saturated rings. The molecule has 0 saturated carbocycles. The average molecular weight is 183 g/mol. The van der Waals surface area contributed by atoms with Crippen LogP contribution in [0, 0.1) is 11.3 Å². The van der Waals surface area contributed by atoms with Crippen molar-refractivity contribution in [2.75, 3.05) is 13.1 Å². The fraction of sp³-hybridized carbons (Fsp3) is 0.900. The lowest BCUT2D eigenvalue weighted by Gasteiger charge is -2.30. The monoisotopic (exact) mass is 183 g/mol. The highest BCUT2D eigenvalue weighted by atomic mass is 15.1. The van der Waals surface area contributed by atoms with Crippen molar-refractivity contribution < 1.29 is 0 Å². The van der Waals surface area contributed by atoms with Crippen LogP contribution in [0.15, 0.2) is 0 Å². The van der Waals surface area contributed by atoms with Gasteiger partial charge >= 0.3 is 0 Å². The Morgan fingerprint density at radius 2 is 1.92 bits per heavy atom. The molecule has 0 rings (SSSR count). The van der Waals surface area contributed by atoms with Gasteiger partial charge in [-0.25, -0.2) is 0 Å². The van der Waals surface area contributed by atoms with E-state index in [0.29, 0.717) is 6.04 Å². The second-order valence-corrected chi connectivity index (χ2v) is 3.80. The molecule has 0 saturated heterocycles. The van der Waals surface area contributed by atoms with Crippen molar-refractivity contribution in [3.63, 3.8) is 0 Å². The van der Waals surface area contributed by atoms with Gasteiger partial charge in [-0.15, -0.1) is 0 Å². The highest BCUT2D eigenvalue weighted by Gasteiger charge is 2.23. The molecule has 2 N–H and O–H groups in total. The van der Waals surface area contributed by atoms with Crippen LogP contribution in [0.3, 0.4) is 0 Å². The second-order valence-electron chi connectivity index (χ2n) is 3.80. The number of nitrogens with zero attached hydrogens (tertiary/aromatic N) is 2. The highest BCUT2D eigenvalue weighted by molar-refractivity contribution is 5.02. The van der Waals surface area contributed by atoms with Crippen LogP contribution in [0.25, 0.3) is 0 Å². The lowest BCUT2D eigenvalue weighted by Crippen LogP contribution is -2.43. The molecule has 0 aromatic heterocycles. The van der Waals surface area contributed by atoms with Crippen LogP contribution >= 0.6 is 0 Å². The molecule has 0 aromatic carbocycles. The van der Waals surface area contributed by atoms with E-state index in [-0.39, 0.29) is 0 Å². The van der Waals surface area contributed by atoms with Gasteiger partial charge in [-0.05, 0) is 33.4 Å². The molecule has 0 amide bonds.